The van der Waals surface area contributed by atoms with E-state index in [0.717, 1.165) is 53.2 Å². The number of hydrogen-bond acceptors (Lipinski definition) is 7. The van der Waals surface area contributed by atoms with Gasteiger partial charge in [0.15, 0.2) is 5.65 Å². The van der Waals surface area contributed by atoms with Crippen molar-refractivity contribution in [3.8, 4) is 10.9 Å². The standard InChI is InChI=1S/C22H20N4O3S/c1-13(27)26-11-14-8-15(26)10-25(14)12-16-9-17-18(28-16)4-2-5-19(17)29-22-24-21-20(30-22)6-3-7-23-21/h2-7,9,14-15H,8,10-12H2,1H3/t14-,15+/m0/s1. The van der Waals surface area contributed by atoms with E-state index in [-0.39, 0.29) is 5.91 Å². The summed E-state index contributed by atoms with van der Waals surface area (Å²) in [5.41, 5.74) is 1.50. The van der Waals surface area contributed by atoms with Crippen LogP contribution in [0.15, 0.2) is 47.0 Å². The van der Waals surface area contributed by atoms with Crippen LogP contribution in [0.1, 0.15) is 19.1 Å². The number of carbonyl (C=O) groups is 1. The van der Waals surface area contributed by atoms with Crippen LogP contribution in [-0.2, 0) is 11.3 Å². The van der Waals surface area contributed by atoms with Crippen LogP contribution >= 0.6 is 11.3 Å². The normalized spacial score (nSPS) is 21.2. The summed E-state index contributed by atoms with van der Waals surface area (Å²) in [6.07, 6.45) is 2.79. The number of nitrogens with zero attached hydrogens (tertiary/aromatic N) is 4. The Balaban J connectivity index is 1.24. The van der Waals surface area contributed by atoms with Crippen LogP contribution in [0.5, 0.6) is 10.9 Å². The zero-order valence-corrected chi connectivity index (χ0v) is 17.3. The first-order valence-electron chi connectivity index (χ1n) is 10.1. The van der Waals surface area contributed by atoms with Gasteiger partial charge in [0.1, 0.15) is 17.1 Å². The van der Waals surface area contributed by atoms with Gasteiger partial charge in [0.05, 0.1) is 16.6 Å². The molecule has 0 spiro atoms. The summed E-state index contributed by atoms with van der Waals surface area (Å²) >= 11 is 1.48. The number of piperazine rings is 1. The Hall–Kier alpha value is -2.97. The Morgan fingerprint density at radius 1 is 1.27 bits per heavy atom. The monoisotopic (exact) mass is 420 g/mol. The maximum absolute atomic E-state index is 11.7. The Labute approximate surface area is 176 Å². The number of aromatic nitrogens is 2. The third kappa shape index (κ3) is 2.95. The molecule has 7 nitrogen and oxygen atoms in total. The molecular weight excluding hydrogens is 400 g/mol. The van der Waals surface area contributed by atoms with E-state index in [1.54, 1.807) is 13.1 Å². The molecule has 0 saturated carbocycles. The fraction of sp³-hybridized carbons (Fsp3) is 0.318. The minimum Gasteiger partial charge on any atom is -0.460 e. The number of ether oxygens (including phenoxy) is 1. The molecule has 0 N–H and O–H groups in total. The van der Waals surface area contributed by atoms with Crippen LogP contribution in [-0.4, -0.2) is 50.8 Å². The number of benzene rings is 1. The van der Waals surface area contributed by atoms with Crippen LogP contribution in [0, 0.1) is 0 Å². The van der Waals surface area contributed by atoms with Crippen molar-refractivity contribution in [3.05, 3.63) is 48.4 Å². The number of pyridine rings is 1. The molecule has 0 unspecified atom stereocenters. The second-order valence-corrected chi connectivity index (χ2v) is 8.93. The van der Waals surface area contributed by atoms with Crippen molar-refractivity contribution in [2.75, 3.05) is 13.1 Å². The number of rotatable bonds is 4. The maximum Gasteiger partial charge on any atom is 0.281 e. The quantitative estimate of drug-likeness (QED) is 0.496. The van der Waals surface area contributed by atoms with Gasteiger partial charge in [-0.2, -0.15) is 4.98 Å². The molecule has 8 heteroatoms. The predicted octanol–water partition coefficient (Wildman–Crippen LogP) is 4.03. The zero-order chi connectivity index (χ0) is 20.2. The number of furan rings is 1. The third-order valence-electron chi connectivity index (χ3n) is 6.03. The van der Waals surface area contributed by atoms with Gasteiger partial charge in [-0.3, -0.25) is 9.69 Å². The van der Waals surface area contributed by atoms with Gasteiger partial charge >= 0.3 is 0 Å². The lowest BCUT2D eigenvalue weighted by Crippen LogP contribution is -2.47. The number of hydrogen-bond donors (Lipinski definition) is 0. The second-order valence-electron chi connectivity index (χ2n) is 7.93. The third-order valence-corrected chi connectivity index (χ3v) is 6.92. The van der Waals surface area contributed by atoms with E-state index in [9.17, 15) is 4.79 Å². The van der Waals surface area contributed by atoms with Gasteiger partial charge in [-0.05, 0) is 36.8 Å². The average Bonchev–Trinajstić information content (AvgIpc) is 3.49. The van der Waals surface area contributed by atoms with E-state index in [1.165, 1.54) is 11.3 Å². The first kappa shape index (κ1) is 17.9. The van der Waals surface area contributed by atoms with Gasteiger partial charge in [-0.15, -0.1) is 0 Å². The fourth-order valence-corrected chi connectivity index (χ4v) is 5.46. The van der Waals surface area contributed by atoms with Crippen molar-refractivity contribution in [1.29, 1.82) is 0 Å². The fourth-order valence-electron chi connectivity index (χ4n) is 4.67. The molecule has 3 aromatic heterocycles. The van der Waals surface area contributed by atoms with Crippen LogP contribution in [0.4, 0.5) is 0 Å². The molecular formula is C22H20N4O3S. The van der Waals surface area contributed by atoms with Crippen molar-refractivity contribution < 1.29 is 13.9 Å². The minimum absolute atomic E-state index is 0.178. The van der Waals surface area contributed by atoms with E-state index in [0.29, 0.717) is 22.9 Å². The van der Waals surface area contributed by atoms with E-state index >= 15 is 0 Å². The van der Waals surface area contributed by atoms with Gasteiger partial charge in [0, 0.05) is 38.3 Å². The van der Waals surface area contributed by atoms with Gasteiger partial charge in [0.25, 0.3) is 5.19 Å². The molecule has 30 heavy (non-hydrogen) atoms. The largest absolute Gasteiger partial charge is 0.460 e. The van der Waals surface area contributed by atoms with E-state index in [4.69, 9.17) is 9.15 Å². The highest BCUT2D eigenvalue weighted by molar-refractivity contribution is 7.20. The number of carbonyl (C=O) groups excluding carboxylic acids is 1. The lowest BCUT2D eigenvalue weighted by molar-refractivity contribution is -0.131. The highest BCUT2D eigenvalue weighted by Crippen LogP contribution is 2.37. The number of thiazole rings is 1. The molecule has 2 atom stereocenters. The SMILES string of the molecule is CC(=O)N1C[C@@H]2C[C@@H]1CN2Cc1cc2c(Oc3nc4ncccc4s3)cccc2o1. The van der Waals surface area contributed by atoms with Crippen molar-refractivity contribution in [2.45, 2.75) is 32.0 Å². The Kier molecular flexibility index (Phi) is 4.04. The number of amides is 1. The topological polar surface area (TPSA) is 71.7 Å². The molecule has 0 aliphatic carbocycles. The summed E-state index contributed by atoms with van der Waals surface area (Å²) in [6, 6.07) is 12.5. The van der Waals surface area contributed by atoms with E-state index < -0.39 is 0 Å². The average molecular weight is 420 g/mol. The Morgan fingerprint density at radius 3 is 3.00 bits per heavy atom. The Morgan fingerprint density at radius 2 is 2.20 bits per heavy atom. The predicted molar refractivity (Wildman–Crippen MR) is 114 cm³/mol. The molecule has 2 aliphatic rings. The van der Waals surface area contributed by atoms with Crippen molar-refractivity contribution in [3.63, 3.8) is 0 Å². The molecule has 2 aliphatic heterocycles. The summed E-state index contributed by atoms with van der Waals surface area (Å²) < 4.78 is 13.2. The molecule has 152 valence electrons. The minimum atomic E-state index is 0.178. The van der Waals surface area contributed by atoms with E-state index in [2.05, 4.69) is 20.9 Å². The highest BCUT2D eigenvalue weighted by Gasteiger charge is 2.44. The van der Waals surface area contributed by atoms with Gasteiger partial charge in [-0.25, -0.2) is 4.98 Å². The van der Waals surface area contributed by atoms with Crippen LogP contribution in [0.3, 0.4) is 0 Å². The van der Waals surface area contributed by atoms with Crippen LogP contribution in [0.25, 0.3) is 21.3 Å². The molecule has 2 saturated heterocycles. The lowest BCUT2D eigenvalue weighted by Gasteiger charge is -2.33. The molecule has 4 aromatic rings. The lowest BCUT2D eigenvalue weighted by atomic mass is 10.2. The number of likely N-dealkylation sites (tertiary alicyclic amines) is 2. The summed E-state index contributed by atoms with van der Waals surface area (Å²) in [6.45, 7) is 4.13. The maximum atomic E-state index is 11.7. The summed E-state index contributed by atoms with van der Waals surface area (Å²) in [7, 11) is 0. The van der Waals surface area contributed by atoms with Crippen molar-refractivity contribution >= 4 is 38.6 Å². The molecule has 2 fully saturated rings. The Bertz CT molecular complexity index is 1230. The highest BCUT2D eigenvalue weighted by atomic mass is 32.1. The molecule has 5 heterocycles. The first-order chi connectivity index (χ1) is 14.6. The molecule has 1 amide bonds. The van der Waals surface area contributed by atoms with Gasteiger partial charge in [-0.1, -0.05) is 17.4 Å². The second kappa shape index (κ2) is 6.78. The van der Waals surface area contributed by atoms with Crippen LogP contribution < -0.4 is 4.74 Å². The number of fused-ring (bicyclic) bond motifs is 4. The van der Waals surface area contributed by atoms with Crippen molar-refractivity contribution in [1.82, 2.24) is 19.8 Å². The van der Waals surface area contributed by atoms with Gasteiger partial charge in [0.2, 0.25) is 5.91 Å². The van der Waals surface area contributed by atoms with Gasteiger partial charge < -0.3 is 14.1 Å². The summed E-state index contributed by atoms with van der Waals surface area (Å²) in [5, 5.41) is 1.51. The van der Waals surface area contributed by atoms with E-state index in [1.807, 2.05) is 35.2 Å². The smallest absolute Gasteiger partial charge is 0.281 e. The van der Waals surface area contributed by atoms with Crippen LogP contribution in [0.2, 0.25) is 0 Å². The summed E-state index contributed by atoms with van der Waals surface area (Å²) in [5.74, 6) is 1.82. The molecule has 0 radical (unpaired) electrons. The molecule has 2 bridgehead atoms. The summed E-state index contributed by atoms with van der Waals surface area (Å²) in [4.78, 5) is 24.9. The zero-order valence-electron chi connectivity index (χ0n) is 16.4. The first-order valence-corrected chi connectivity index (χ1v) is 10.9. The van der Waals surface area contributed by atoms with Crippen molar-refractivity contribution in [2.24, 2.45) is 0 Å². The molecule has 1 aromatic carbocycles. The molecule has 6 rings (SSSR count).